The van der Waals surface area contributed by atoms with Crippen molar-refractivity contribution in [3.8, 4) is 0 Å². The minimum atomic E-state index is -1.47. The lowest BCUT2D eigenvalue weighted by Gasteiger charge is -2.23. The highest BCUT2D eigenvalue weighted by Crippen LogP contribution is 2.25. The zero-order valence-corrected chi connectivity index (χ0v) is 9.60. The number of carbonyl (C=O) groups is 1. The largest absolute Gasteiger partial charge is 0.479 e. The van der Waals surface area contributed by atoms with Crippen molar-refractivity contribution in [1.82, 2.24) is 0 Å². The lowest BCUT2D eigenvalue weighted by molar-refractivity contribution is -0.146. The molecule has 0 amide bonds. The first kappa shape index (κ1) is 12.7. The summed E-state index contributed by atoms with van der Waals surface area (Å²) in [4.78, 5) is 10.6. The molecule has 0 heterocycles. The second-order valence-electron chi connectivity index (χ2n) is 4.08. The average molecular weight is 224 g/mol. The highest BCUT2D eigenvalue weighted by atomic mass is 16.5. The van der Waals surface area contributed by atoms with Gasteiger partial charge in [0.05, 0.1) is 5.60 Å². The van der Waals surface area contributed by atoms with Gasteiger partial charge < -0.3 is 14.9 Å². The zero-order chi connectivity index (χ0) is 12.3. The minimum absolute atomic E-state index is 0.364. The molecule has 1 unspecified atom stereocenters. The maximum atomic E-state index is 10.6. The molecule has 0 saturated heterocycles. The van der Waals surface area contributed by atoms with Crippen molar-refractivity contribution < 1.29 is 19.7 Å². The summed E-state index contributed by atoms with van der Waals surface area (Å²) >= 11 is 0. The number of methoxy groups -OCH3 is 1. The van der Waals surface area contributed by atoms with Gasteiger partial charge in [0.15, 0.2) is 6.10 Å². The number of benzene rings is 1. The molecule has 1 aromatic rings. The Hall–Kier alpha value is -1.39. The lowest BCUT2D eigenvalue weighted by atomic mass is 9.96. The van der Waals surface area contributed by atoms with E-state index in [9.17, 15) is 9.90 Å². The van der Waals surface area contributed by atoms with E-state index in [2.05, 4.69) is 0 Å². The van der Waals surface area contributed by atoms with Crippen LogP contribution >= 0.6 is 0 Å². The van der Waals surface area contributed by atoms with Crippen molar-refractivity contribution in [2.45, 2.75) is 25.6 Å². The monoisotopic (exact) mass is 224 g/mol. The molecule has 0 radical (unpaired) electrons. The Morgan fingerprint density at radius 2 is 1.81 bits per heavy atom. The SMILES string of the molecule is COC(C)(C)c1ccc(C(O)C(=O)O)cc1. The molecule has 0 bridgehead atoms. The summed E-state index contributed by atoms with van der Waals surface area (Å²) in [6.45, 7) is 3.82. The summed E-state index contributed by atoms with van der Waals surface area (Å²) in [7, 11) is 1.61. The molecule has 4 heteroatoms. The Kier molecular flexibility index (Phi) is 3.67. The standard InChI is InChI=1S/C12H16O4/c1-12(2,16-3)9-6-4-8(5-7-9)10(13)11(14)15/h4-7,10,13H,1-3H3,(H,14,15). The first-order valence-corrected chi connectivity index (χ1v) is 4.95. The Morgan fingerprint density at radius 3 is 2.19 bits per heavy atom. The normalized spacial score (nSPS) is 13.5. The predicted molar refractivity (Wildman–Crippen MR) is 59.1 cm³/mol. The van der Waals surface area contributed by atoms with E-state index in [1.54, 1.807) is 31.4 Å². The molecule has 16 heavy (non-hydrogen) atoms. The van der Waals surface area contributed by atoms with Crippen LogP contribution in [-0.4, -0.2) is 23.3 Å². The Bertz CT molecular complexity index is 367. The van der Waals surface area contributed by atoms with Gasteiger partial charge in [0, 0.05) is 7.11 Å². The van der Waals surface area contributed by atoms with E-state index in [1.165, 1.54) is 0 Å². The molecule has 0 saturated carbocycles. The number of hydrogen-bond donors (Lipinski definition) is 2. The van der Waals surface area contributed by atoms with Gasteiger partial charge in [0.1, 0.15) is 0 Å². The molecule has 0 aliphatic rings. The van der Waals surface area contributed by atoms with Crippen LogP contribution in [0.3, 0.4) is 0 Å². The van der Waals surface area contributed by atoms with Gasteiger partial charge >= 0.3 is 5.97 Å². The van der Waals surface area contributed by atoms with Crippen LogP contribution < -0.4 is 0 Å². The van der Waals surface area contributed by atoms with Gasteiger partial charge in [-0.25, -0.2) is 4.79 Å². The van der Waals surface area contributed by atoms with E-state index >= 15 is 0 Å². The molecular formula is C12H16O4. The first-order valence-electron chi connectivity index (χ1n) is 4.95. The van der Waals surface area contributed by atoms with E-state index in [0.717, 1.165) is 5.56 Å². The number of aliphatic carboxylic acids is 1. The minimum Gasteiger partial charge on any atom is -0.479 e. The zero-order valence-electron chi connectivity index (χ0n) is 9.60. The highest BCUT2D eigenvalue weighted by Gasteiger charge is 2.21. The van der Waals surface area contributed by atoms with Gasteiger partial charge in [-0.05, 0) is 25.0 Å². The van der Waals surface area contributed by atoms with E-state index in [-0.39, 0.29) is 0 Å². The van der Waals surface area contributed by atoms with Gasteiger partial charge in [-0.1, -0.05) is 24.3 Å². The third kappa shape index (κ3) is 2.59. The Labute approximate surface area is 94.5 Å². The van der Waals surface area contributed by atoms with Gasteiger partial charge in [-0.2, -0.15) is 0 Å². The van der Waals surface area contributed by atoms with Crippen molar-refractivity contribution in [3.63, 3.8) is 0 Å². The molecular weight excluding hydrogens is 208 g/mol. The Balaban J connectivity index is 2.96. The van der Waals surface area contributed by atoms with Crippen LogP contribution in [0.1, 0.15) is 31.1 Å². The summed E-state index contributed by atoms with van der Waals surface area (Å²) in [6, 6.07) is 6.69. The number of carboxylic acids is 1. The number of aliphatic hydroxyl groups excluding tert-OH is 1. The number of ether oxygens (including phenoxy) is 1. The second kappa shape index (κ2) is 4.63. The molecule has 0 aliphatic heterocycles. The molecule has 2 N–H and O–H groups in total. The summed E-state index contributed by atoms with van der Waals surface area (Å²) in [5.41, 5.74) is 0.867. The van der Waals surface area contributed by atoms with Gasteiger partial charge in [-0.15, -0.1) is 0 Å². The van der Waals surface area contributed by atoms with Gasteiger partial charge in [-0.3, -0.25) is 0 Å². The van der Waals surface area contributed by atoms with E-state index in [0.29, 0.717) is 5.56 Å². The average Bonchev–Trinajstić information content (AvgIpc) is 2.28. The third-order valence-electron chi connectivity index (χ3n) is 2.67. The van der Waals surface area contributed by atoms with Crippen LogP contribution in [-0.2, 0) is 15.1 Å². The number of hydrogen-bond acceptors (Lipinski definition) is 3. The topological polar surface area (TPSA) is 66.8 Å². The number of carboxylic acid groups (broad SMARTS) is 1. The molecule has 0 aliphatic carbocycles. The van der Waals surface area contributed by atoms with E-state index in [1.807, 2.05) is 13.8 Å². The number of rotatable bonds is 4. The fourth-order valence-corrected chi connectivity index (χ4v) is 1.33. The quantitative estimate of drug-likeness (QED) is 0.816. The van der Waals surface area contributed by atoms with Gasteiger partial charge in [0.2, 0.25) is 0 Å². The molecule has 0 aromatic heterocycles. The summed E-state index contributed by atoms with van der Waals surface area (Å²) in [5.74, 6) is -1.25. The van der Waals surface area contributed by atoms with Crippen LogP contribution in [0, 0.1) is 0 Å². The molecule has 1 atom stereocenters. The van der Waals surface area contributed by atoms with Crippen molar-refractivity contribution in [2.24, 2.45) is 0 Å². The third-order valence-corrected chi connectivity index (χ3v) is 2.67. The summed E-state index contributed by atoms with van der Waals surface area (Å²) < 4.78 is 5.29. The Morgan fingerprint density at radius 1 is 1.31 bits per heavy atom. The molecule has 1 aromatic carbocycles. The van der Waals surface area contributed by atoms with Crippen LogP contribution in [0.4, 0.5) is 0 Å². The predicted octanol–water partition coefficient (Wildman–Crippen LogP) is 1.69. The second-order valence-corrected chi connectivity index (χ2v) is 4.08. The van der Waals surface area contributed by atoms with E-state index in [4.69, 9.17) is 9.84 Å². The maximum absolute atomic E-state index is 10.6. The number of aliphatic hydroxyl groups is 1. The highest BCUT2D eigenvalue weighted by molar-refractivity contribution is 5.73. The summed E-state index contributed by atoms with van der Waals surface area (Å²) in [5, 5.41) is 18.0. The molecule has 0 fully saturated rings. The van der Waals surface area contributed by atoms with Crippen molar-refractivity contribution in [3.05, 3.63) is 35.4 Å². The fraction of sp³-hybridized carbons (Fsp3) is 0.417. The molecule has 1 rings (SSSR count). The van der Waals surface area contributed by atoms with Crippen molar-refractivity contribution >= 4 is 5.97 Å². The molecule has 88 valence electrons. The van der Waals surface area contributed by atoms with Crippen LogP contribution in [0.5, 0.6) is 0 Å². The van der Waals surface area contributed by atoms with E-state index < -0.39 is 17.7 Å². The van der Waals surface area contributed by atoms with Gasteiger partial charge in [0.25, 0.3) is 0 Å². The van der Waals surface area contributed by atoms with Crippen LogP contribution in [0.25, 0.3) is 0 Å². The maximum Gasteiger partial charge on any atom is 0.337 e. The van der Waals surface area contributed by atoms with Crippen molar-refractivity contribution in [1.29, 1.82) is 0 Å². The smallest absolute Gasteiger partial charge is 0.337 e. The van der Waals surface area contributed by atoms with Crippen molar-refractivity contribution in [2.75, 3.05) is 7.11 Å². The molecule has 4 nitrogen and oxygen atoms in total. The first-order chi connectivity index (χ1) is 7.38. The summed E-state index contributed by atoms with van der Waals surface area (Å²) in [6.07, 6.45) is -1.47. The van der Waals surface area contributed by atoms with Crippen LogP contribution in [0.2, 0.25) is 0 Å². The molecule has 0 spiro atoms. The lowest BCUT2D eigenvalue weighted by Crippen LogP contribution is -2.19. The van der Waals surface area contributed by atoms with Crippen LogP contribution in [0.15, 0.2) is 24.3 Å². The fourth-order valence-electron chi connectivity index (χ4n) is 1.33.